The number of hydrogen-bond donors (Lipinski definition) is 2. The van der Waals surface area contributed by atoms with Gasteiger partial charge in [0.15, 0.2) is 0 Å². The van der Waals surface area contributed by atoms with E-state index in [0.29, 0.717) is 64.3 Å². The van der Waals surface area contributed by atoms with Crippen LogP contribution in [0.15, 0.2) is 54.9 Å². The lowest BCUT2D eigenvalue weighted by molar-refractivity contribution is -0.129. The number of piperidine rings is 1. The molecule has 5 heterocycles. The van der Waals surface area contributed by atoms with Crippen LogP contribution in [0.5, 0.6) is 11.6 Å². The second-order valence-electron chi connectivity index (χ2n) is 13.4. The van der Waals surface area contributed by atoms with Crippen molar-refractivity contribution in [1.82, 2.24) is 30.1 Å². The smallest absolute Gasteiger partial charge is 0.274 e. The van der Waals surface area contributed by atoms with E-state index >= 15 is 0 Å². The monoisotopic (exact) mass is 727 g/mol. The molecule has 0 saturated carbocycles. The van der Waals surface area contributed by atoms with E-state index in [2.05, 4.69) is 25.5 Å². The maximum Gasteiger partial charge on any atom is 0.274 e. The van der Waals surface area contributed by atoms with Crippen LogP contribution in [0.2, 0.25) is 5.02 Å². The molecule has 13 heteroatoms. The zero-order chi connectivity index (χ0) is 36.8. The third kappa shape index (κ3) is 8.36. The Morgan fingerprint density at radius 1 is 0.981 bits per heavy atom. The summed E-state index contributed by atoms with van der Waals surface area (Å²) in [6.07, 6.45) is 5.22. The van der Waals surface area contributed by atoms with Gasteiger partial charge in [-0.1, -0.05) is 29.8 Å². The van der Waals surface area contributed by atoms with Crippen LogP contribution in [0.1, 0.15) is 46.9 Å². The number of methoxy groups -OCH3 is 3. The minimum Gasteiger partial charge on any atom is -0.496 e. The molecule has 0 aliphatic carbocycles. The number of carbonyl (C=O) groups excluding carboxylic acids is 2. The summed E-state index contributed by atoms with van der Waals surface area (Å²) in [6, 6.07) is 13.4. The number of ether oxygens (including phenoxy) is 3. The number of nitrogens with one attached hydrogen (secondary N) is 2. The molecule has 274 valence electrons. The number of carbonyl (C=O) groups is 2. The number of nitrogens with zero attached hydrogens (tertiary/aromatic N) is 5. The number of halogens is 1. The van der Waals surface area contributed by atoms with Crippen LogP contribution in [-0.4, -0.2) is 96.7 Å². The minimum absolute atomic E-state index is 0.123. The quantitative estimate of drug-likeness (QED) is 0.179. The van der Waals surface area contributed by atoms with Crippen molar-refractivity contribution in [2.45, 2.75) is 45.8 Å². The fourth-order valence-corrected chi connectivity index (χ4v) is 7.22. The van der Waals surface area contributed by atoms with E-state index in [4.69, 9.17) is 30.8 Å². The minimum atomic E-state index is -0.352. The van der Waals surface area contributed by atoms with Gasteiger partial charge < -0.3 is 29.7 Å². The highest BCUT2D eigenvalue weighted by molar-refractivity contribution is 6.35. The first-order valence-corrected chi connectivity index (χ1v) is 17.9. The average molecular weight is 728 g/mol. The molecule has 0 spiro atoms. The number of anilines is 1. The van der Waals surface area contributed by atoms with Gasteiger partial charge in [-0.05, 0) is 43.5 Å². The Bertz CT molecular complexity index is 1910. The molecule has 2 aliphatic heterocycles. The van der Waals surface area contributed by atoms with E-state index < -0.39 is 0 Å². The molecular weight excluding hydrogens is 682 g/mol. The number of likely N-dealkylation sites (tertiary alicyclic amines) is 2. The first-order chi connectivity index (χ1) is 25.2. The lowest BCUT2D eigenvalue weighted by Gasteiger charge is -2.39. The number of pyridine rings is 3. The van der Waals surface area contributed by atoms with Crippen molar-refractivity contribution in [3.05, 3.63) is 82.3 Å². The highest BCUT2D eigenvalue weighted by atomic mass is 35.5. The van der Waals surface area contributed by atoms with Crippen LogP contribution in [-0.2, 0) is 22.6 Å². The zero-order valence-corrected chi connectivity index (χ0v) is 31.1. The molecule has 1 aromatic carbocycles. The molecule has 2 amide bonds. The van der Waals surface area contributed by atoms with Crippen LogP contribution in [0.3, 0.4) is 0 Å². The van der Waals surface area contributed by atoms with Gasteiger partial charge in [0.05, 0.1) is 37.2 Å². The molecule has 2 fully saturated rings. The second kappa shape index (κ2) is 16.8. The summed E-state index contributed by atoms with van der Waals surface area (Å²) in [6.45, 7) is 9.01. The molecule has 0 bridgehead atoms. The van der Waals surface area contributed by atoms with Crippen LogP contribution in [0, 0.1) is 12.8 Å². The van der Waals surface area contributed by atoms with Crippen molar-refractivity contribution in [1.29, 1.82) is 0 Å². The summed E-state index contributed by atoms with van der Waals surface area (Å²) in [5.74, 6) is 1.44. The van der Waals surface area contributed by atoms with Gasteiger partial charge in [0.25, 0.3) is 5.91 Å². The predicted octanol–water partition coefficient (Wildman–Crippen LogP) is 5.62. The summed E-state index contributed by atoms with van der Waals surface area (Å²) < 4.78 is 16.6. The summed E-state index contributed by atoms with van der Waals surface area (Å²) in [7, 11) is 4.93. The third-order valence-electron chi connectivity index (χ3n) is 9.88. The summed E-state index contributed by atoms with van der Waals surface area (Å²) in [5, 5.41) is 7.04. The lowest BCUT2D eigenvalue weighted by Crippen LogP contribution is -2.47. The van der Waals surface area contributed by atoms with Crippen molar-refractivity contribution >= 4 is 29.1 Å². The predicted molar refractivity (Wildman–Crippen MR) is 201 cm³/mol. The van der Waals surface area contributed by atoms with E-state index in [1.54, 1.807) is 46.7 Å². The van der Waals surface area contributed by atoms with E-state index in [1.807, 2.05) is 48.2 Å². The lowest BCUT2D eigenvalue weighted by atomic mass is 10.0. The Morgan fingerprint density at radius 2 is 1.77 bits per heavy atom. The normalized spacial score (nSPS) is 15.3. The molecule has 4 aromatic rings. The first-order valence-electron chi connectivity index (χ1n) is 17.5. The van der Waals surface area contributed by atoms with Gasteiger partial charge in [0.2, 0.25) is 11.8 Å². The Hall–Kier alpha value is -4.62. The molecule has 2 aliphatic rings. The Kier molecular flexibility index (Phi) is 12.0. The number of benzene rings is 1. The molecule has 12 nitrogen and oxygen atoms in total. The molecule has 3 aromatic heterocycles. The van der Waals surface area contributed by atoms with Crippen LogP contribution in [0.4, 0.5) is 5.69 Å². The van der Waals surface area contributed by atoms with Crippen LogP contribution < -0.4 is 20.1 Å². The number of rotatable bonds is 13. The molecule has 0 unspecified atom stereocenters. The number of hydrogen-bond acceptors (Lipinski definition) is 10. The molecule has 6 rings (SSSR count). The van der Waals surface area contributed by atoms with Gasteiger partial charge in [0, 0.05) is 112 Å². The third-order valence-corrected chi connectivity index (χ3v) is 10.3. The van der Waals surface area contributed by atoms with Gasteiger partial charge in [-0.25, -0.2) is 4.98 Å². The molecular formula is C39H46ClN7O5. The standard InChI is InChI=1S/C39H46ClN7O5/c1-24-30(7-6-8-32(24)44-38(49)34-17-35(51-4)28(19-43-34)22-46-20-26(21-46)23-50-3)37-36(40)31(11-14-41-37)33-10-9-27(39(45-33)52-5)18-42-29-12-15-47(16-13-29)25(2)48/h6-11,14,17,19,26,29,42H,12-13,15-16,18,20-23H2,1-5H3,(H,44,49). The topological polar surface area (TPSA) is 131 Å². The summed E-state index contributed by atoms with van der Waals surface area (Å²) in [5.41, 5.74) is 6.22. The molecule has 2 saturated heterocycles. The fourth-order valence-electron chi connectivity index (χ4n) is 6.91. The number of amides is 2. The van der Waals surface area contributed by atoms with E-state index in [-0.39, 0.29) is 17.5 Å². The van der Waals surface area contributed by atoms with Crippen molar-refractivity contribution in [3.8, 4) is 34.1 Å². The van der Waals surface area contributed by atoms with Crippen LogP contribution in [0.25, 0.3) is 22.5 Å². The first kappa shape index (κ1) is 37.1. The Morgan fingerprint density at radius 3 is 2.48 bits per heavy atom. The van der Waals surface area contributed by atoms with Gasteiger partial charge in [-0.15, -0.1) is 0 Å². The largest absolute Gasteiger partial charge is 0.496 e. The number of aromatic nitrogens is 3. The average Bonchev–Trinajstić information content (AvgIpc) is 3.14. The van der Waals surface area contributed by atoms with Crippen molar-refractivity contribution in [3.63, 3.8) is 0 Å². The van der Waals surface area contributed by atoms with Crippen molar-refractivity contribution in [2.75, 3.05) is 59.4 Å². The molecule has 2 N–H and O–H groups in total. The van der Waals surface area contributed by atoms with Gasteiger partial charge in [0.1, 0.15) is 11.4 Å². The summed E-state index contributed by atoms with van der Waals surface area (Å²) in [4.78, 5) is 43.2. The van der Waals surface area contributed by atoms with Gasteiger partial charge in [-0.3, -0.25) is 24.5 Å². The SMILES string of the molecule is COCC1CN(Cc2cnc(C(=O)Nc3cccc(-c4nccc(-c5ccc(CNC6CCN(C(C)=O)CC6)c(OC)n5)c4Cl)c3C)cc2OC)C1. The Balaban J connectivity index is 1.15. The second-order valence-corrected chi connectivity index (χ2v) is 13.8. The van der Waals surface area contributed by atoms with E-state index in [0.717, 1.165) is 67.9 Å². The maximum absolute atomic E-state index is 13.4. The maximum atomic E-state index is 13.4. The van der Waals surface area contributed by atoms with E-state index in [9.17, 15) is 9.59 Å². The Labute approximate surface area is 309 Å². The molecule has 0 atom stereocenters. The summed E-state index contributed by atoms with van der Waals surface area (Å²) >= 11 is 7.05. The zero-order valence-electron chi connectivity index (χ0n) is 30.4. The van der Waals surface area contributed by atoms with Crippen molar-refractivity contribution < 1.29 is 23.8 Å². The molecule has 0 radical (unpaired) electrons. The van der Waals surface area contributed by atoms with Crippen LogP contribution >= 0.6 is 11.6 Å². The van der Waals surface area contributed by atoms with Gasteiger partial charge >= 0.3 is 0 Å². The highest BCUT2D eigenvalue weighted by Gasteiger charge is 2.28. The van der Waals surface area contributed by atoms with Gasteiger partial charge in [-0.2, -0.15) is 0 Å². The molecule has 52 heavy (non-hydrogen) atoms. The fraction of sp³-hybridized carbons (Fsp3) is 0.410. The van der Waals surface area contributed by atoms with Crippen molar-refractivity contribution in [2.24, 2.45) is 5.92 Å². The highest BCUT2D eigenvalue weighted by Crippen LogP contribution is 2.38. The van der Waals surface area contributed by atoms with E-state index in [1.165, 1.54) is 0 Å².